The number of rotatable bonds is 4. The topological polar surface area (TPSA) is 127 Å². The molecule has 1 aromatic heterocycles. The smallest absolute Gasteiger partial charge is 0.276 e. The number of sulfonamides is 1. The number of carbonyl (C=O) groups is 2. The van der Waals surface area contributed by atoms with Gasteiger partial charge < -0.3 is 10.6 Å². The summed E-state index contributed by atoms with van der Waals surface area (Å²) in [5.41, 5.74) is 6.08. The van der Waals surface area contributed by atoms with Crippen molar-refractivity contribution in [1.82, 2.24) is 19.2 Å². The number of nitrogen functional groups attached to an aromatic ring is 1. The second kappa shape index (κ2) is 7.41. The molecule has 0 unspecified atom stereocenters. The summed E-state index contributed by atoms with van der Waals surface area (Å²) in [4.78, 5) is 33.4. The first-order valence-corrected chi connectivity index (χ1v) is 9.71. The van der Waals surface area contributed by atoms with E-state index in [1.807, 2.05) is 0 Å². The number of nitrogens with two attached hydrogens (primary N) is 1. The van der Waals surface area contributed by atoms with E-state index in [0.29, 0.717) is 5.56 Å². The van der Waals surface area contributed by atoms with Crippen LogP contribution in [0, 0.1) is 0 Å². The molecule has 1 aromatic carbocycles. The lowest BCUT2D eigenvalue weighted by atomic mass is 10.2. The minimum Gasteiger partial charge on any atom is -0.382 e. The van der Waals surface area contributed by atoms with E-state index in [4.69, 9.17) is 5.73 Å². The van der Waals surface area contributed by atoms with Crippen molar-refractivity contribution >= 4 is 27.5 Å². The van der Waals surface area contributed by atoms with Gasteiger partial charge in [0.2, 0.25) is 10.0 Å². The molecule has 27 heavy (non-hydrogen) atoms. The Bertz CT molecular complexity index is 984. The normalized spacial score (nSPS) is 15.5. The maximum atomic E-state index is 12.8. The van der Waals surface area contributed by atoms with Crippen molar-refractivity contribution in [3.8, 4) is 0 Å². The van der Waals surface area contributed by atoms with Crippen LogP contribution in [0.5, 0.6) is 0 Å². The minimum atomic E-state index is -3.75. The van der Waals surface area contributed by atoms with Gasteiger partial charge in [-0.25, -0.2) is 18.4 Å². The predicted octanol–water partition coefficient (Wildman–Crippen LogP) is 0.408. The number of hydrogen-bond acceptors (Lipinski definition) is 7. The van der Waals surface area contributed by atoms with Gasteiger partial charge >= 0.3 is 0 Å². The van der Waals surface area contributed by atoms with Crippen molar-refractivity contribution in [2.45, 2.75) is 11.8 Å². The maximum Gasteiger partial charge on any atom is 0.276 e. The molecule has 1 fully saturated rings. The molecule has 0 radical (unpaired) electrons. The zero-order valence-corrected chi connectivity index (χ0v) is 15.5. The van der Waals surface area contributed by atoms with Crippen LogP contribution >= 0.6 is 0 Å². The fourth-order valence-electron chi connectivity index (χ4n) is 2.82. The number of anilines is 1. The van der Waals surface area contributed by atoms with Crippen LogP contribution in [0.4, 0.5) is 5.82 Å². The van der Waals surface area contributed by atoms with Crippen molar-refractivity contribution in [1.29, 1.82) is 0 Å². The highest BCUT2D eigenvalue weighted by atomic mass is 32.2. The number of benzene rings is 1. The van der Waals surface area contributed by atoms with E-state index in [9.17, 15) is 18.0 Å². The molecular weight excluding hydrogens is 370 g/mol. The molecule has 3 rings (SSSR count). The molecule has 10 heteroatoms. The largest absolute Gasteiger partial charge is 0.382 e. The molecule has 1 saturated heterocycles. The van der Waals surface area contributed by atoms with E-state index in [1.54, 1.807) is 12.1 Å². The van der Waals surface area contributed by atoms with Gasteiger partial charge in [0.25, 0.3) is 5.91 Å². The Balaban J connectivity index is 1.73. The van der Waals surface area contributed by atoms with Crippen molar-refractivity contribution < 1.29 is 18.0 Å². The minimum absolute atomic E-state index is 0.0404. The van der Waals surface area contributed by atoms with E-state index >= 15 is 0 Å². The lowest BCUT2D eigenvalue weighted by Gasteiger charge is -2.33. The Morgan fingerprint density at radius 1 is 1.07 bits per heavy atom. The van der Waals surface area contributed by atoms with Gasteiger partial charge in [-0.05, 0) is 19.1 Å². The molecule has 0 spiro atoms. The highest BCUT2D eigenvalue weighted by molar-refractivity contribution is 7.89. The second-order valence-corrected chi connectivity index (χ2v) is 8.01. The molecule has 2 heterocycles. The number of nitrogens with zero attached hydrogens (tertiary/aromatic N) is 4. The van der Waals surface area contributed by atoms with E-state index in [0.717, 1.165) is 0 Å². The van der Waals surface area contributed by atoms with Crippen molar-refractivity contribution in [3.05, 3.63) is 47.9 Å². The van der Waals surface area contributed by atoms with Crippen LogP contribution in [-0.2, 0) is 10.0 Å². The van der Waals surface area contributed by atoms with Gasteiger partial charge in [-0.2, -0.15) is 4.31 Å². The molecule has 2 aromatic rings. The molecule has 1 amide bonds. The first kappa shape index (κ1) is 18.9. The maximum absolute atomic E-state index is 12.8. The van der Waals surface area contributed by atoms with Crippen molar-refractivity contribution in [2.24, 2.45) is 0 Å². The number of ketones is 1. The molecule has 2 N–H and O–H groups in total. The summed E-state index contributed by atoms with van der Waals surface area (Å²) in [6, 6.07) is 5.94. The third-order valence-corrected chi connectivity index (χ3v) is 6.23. The van der Waals surface area contributed by atoms with E-state index in [1.165, 1.54) is 40.7 Å². The number of hydrogen-bond donors (Lipinski definition) is 1. The van der Waals surface area contributed by atoms with Gasteiger partial charge in [0.1, 0.15) is 0 Å². The summed E-state index contributed by atoms with van der Waals surface area (Å²) in [6.07, 6.45) is 2.78. The Labute approximate surface area is 156 Å². The van der Waals surface area contributed by atoms with Gasteiger partial charge in [0.15, 0.2) is 17.3 Å². The zero-order valence-electron chi connectivity index (χ0n) is 14.7. The van der Waals surface area contributed by atoms with Crippen LogP contribution in [0.15, 0.2) is 41.6 Å². The van der Waals surface area contributed by atoms with E-state index in [-0.39, 0.29) is 54.3 Å². The van der Waals surface area contributed by atoms with Crippen LogP contribution in [0.1, 0.15) is 27.8 Å². The molecule has 0 bridgehead atoms. The van der Waals surface area contributed by atoms with Gasteiger partial charge in [-0.15, -0.1) is 0 Å². The van der Waals surface area contributed by atoms with E-state index in [2.05, 4.69) is 9.97 Å². The van der Waals surface area contributed by atoms with Gasteiger partial charge in [-0.3, -0.25) is 9.59 Å². The van der Waals surface area contributed by atoms with Gasteiger partial charge in [-0.1, -0.05) is 12.1 Å². The molecular formula is C17H19N5O4S. The van der Waals surface area contributed by atoms with Crippen LogP contribution in [0.2, 0.25) is 0 Å². The van der Waals surface area contributed by atoms with Crippen molar-refractivity contribution in [2.75, 3.05) is 31.9 Å². The lowest BCUT2D eigenvalue weighted by molar-refractivity contribution is 0.0692. The van der Waals surface area contributed by atoms with Crippen LogP contribution < -0.4 is 5.73 Å². The van der Waals surface area contributed by atoms with Crippen LogP contribution in [0.25, 0.3) is 0 Å². The SMILES string of the molecule is CC(=O)c1cccc(S(=O)(=O)N2CCN(C(=O)c3nccnc3N)CC2)c1. The lowest BCUT2D eigenvalue weighted by Crippen LogP contribution is -2.50. The standard InChI is InChI=1S/C17H19N5O4S/c1-12(23)13-3-2-4-14(11-13)27(25,26)22-9-7-21(8-10-22)17(24)15-16(18)20-6-5-19-15/h2-6,11H,7-10H2,1H3,(H2,18,20). The van der Waals surface area contributed by atoms with E-state index < -0.39 is 10.0 Å². The molecule has 1 aliphatic heterocycles. The number of aromatic nitrogens is 2. The van der Waals surface area contributed by atoms with Crippen LogP contribution in [0.3, 0.4) is 0 Å². The Morgan fingerprint density at radius 3 is 2.37 bits per heavy atom. The third-order valence-electron chi connectivity index (χ3n) is 4.33. The zero-order chi connectivity index (χ0) is 19.6. The first-order chi connectivity index (χ1) is 12.8. The summed E-state index contributed by atoms with van der Waals surface area (Å²) in [6.45, 7) is 2.08. The molecule has 0 atom stereocenters. The fourth-order valence-corrected chi connectivity index (χ4v) is 4.29. The summed E-state index contributed by atoms with van der Waals surface area (Å²) in [5.74, 6) is -0.543. The highest BCUT2D eigenvalue weighted by Gasteiger charge is 2.31. The number of amides is 1. The summed E-state index contributed by atoms with van der Waals surface area (Å²) in [7, 11) is -3.75. The van der Waals surface area contributed by atoms with Crippen LogP contribution in [-0.4, -0.2) is 65.5 Å². The Morgan fingerprint density at radius 2 is 1.74 bits per heavy atom. The van der Waals surface area contributed by atoms with Gasteiger partial charge in [0, 0.05) is 44.1 Å². The van der Waals surface area contributed by atoms with Gasteiger partial charge in [0.05, 0.1) is 4.90 Å². The van der Waals surface area contributed by atoms with Crippen molar-refractivity contribution in [3.63, 3.8) is 0 Å². The average Bonchev–Trinajstić information content (AvgIpc) is 2.68. The first-order valence-electron chi connectivity index (χ1n) is 8.27. The fraction of sp³-hybridized carbons (Fsp3) is 0.294. The molecule has 1 aliphatic rings. The highest BCUT2D eigenvalue weighted by Crippen LogP contribution is 2.20. The number of piperazine rings is 1. The molecule has 9 nitrogen and oxygen atoms in total. The monoisotopic (exact) mass is 389 g/mol. The number of Topliss-reactive ketones (excluding diaryl/α,β-unsaturated/α-hetero) is 1. The summed E-state index contributed by atoms with van der Waals surface area (Å²) in [5, 5.41) is 0. The quantitative estimate of drug-likeness (QED) is 0.750. The summed E-state index contributed by atoms with van der Waals surface area (Å²) < 4.78 is 27.0. The summed E-state index contributed by atoms with van der Waals surface area (Å²) >= 11 is 0. The molecule has 0 saturated carbocycles. The Kier molecular flexibility index (Phi) is 5.19. The Hall–Kier alpha value is -2.85. The molecule has 0 aliphatic carbocycles. The average molecular weight is 389 g/mol. The third kappa shape index (κ3) is 3.81. The second-order valence-electron chi connectivity index (χ2n) is 6.07. The predicted molar refractivity (Wildman–Crippen MR) is 97.6 cm³/mol. The molecule has 142 valence electrons. The number of carbonyl (C=O) groups excluding carboxylic acids is 2.